The van der Waals surface area contributed by atoms with Gasteiger partial charge in [0.05, 0.1) is 41.7 Å². The lowest BCUT2D eigenvalue weighted by molar-refractivity contribution is -0.139. The van der Waals surface area contributed by atoms with Crippen molar-refractivity contribution in [2.24, 2.45) is 0 Å². The maximum atomic E-state index is 14.4. The van der Waals surface area contributed by atoms with Gasteiger partial charge in [-0.1, -0.05) is 0 Å². The molecule has 13 heteroatoms. The smallest absolute Gasteiger partial charge is 0.319 e. The molecule has 1 aliphatic rings. The van der Waals surface area contributed by atoms with Crippen molar-refractivity contribution in [2.45, 2.75) is 24.9 Å². The van der Waals surface area contributed by atoms with Gasteiger partial charge in [-0.25, -0.2) is 9.37 Å². The molecular weight excluding hydrogens is 390 g/mol. The first kappa shape index (κ1) is 19.1. The first-order valence-electron chi connectivity index (χ1n) is 7.61. The zero-order valence-corrected chi connectivity index (χ0v) is 15.4. The molecule has 2 aromatic rings. The van der Waals surface area contributed by atoms with E-state index in [9.17, 15) is 9.18 Å². The van der Waals surface area contributed by atoms with Crippen LogP contribution < -0.4 is 10.8 Å². The normalized spacial score (nSPS) is 23.3. The van der Waals surface area contributed by atoms with Crippen LogP contribution in [0.4, 0.5) is 10.2 Å². The largest absolute Gasteiger partial charge is 0.468 e. The molecule has 0 bridgehead atoms. The highest BCUT2D eigenvalue weighted by molar-refractivity contribution is 7.29. The van der Waals surface area contributed by atoms with Gasteiger partial charge in [-0.05, 0) is 11.6 Å². The SMILES string of the molecule is COC(=O)CNPOCC1CC(F)C(n2cnc3c(N)nc(Cl)nc32)O1. The lowest BCUT2D eigenvalue weighted by Gasteiger charge is -2.16. The van der Waals surface area contributed by atoms with Crippen LogP contribution in [0.2, 0.25) is 5.28 Å². The highest BCUT2D eigenvalue weighted by atomic mass is 35.5. The van der Waals surface area contributed by atoms with Crippen LogP contribution in [0.15, 0.2) is 6.33 Å². The molecule has 1 fully saturated rings. The lowest BCUT2D eigenvalue weighted by atomic mass is 10.2. The Kier molecular flexibility index (Phi) is 6.15. The van der Waals surface area contributed by atoms with Crippen molar-refractivity contribution in [1.82, 2.24) is 24.6 Å². The van der Waals surface area contributed by atoms with E-state index in [1.165, 1.54) is 18.0 Å². The molecule has 0 saturated carbocycles. The van der Waals surface area contributed by atoms with Gasteiger partial charge in [-0.15, -0.1) is 0 Å². The summed E-state index contributed by atoms with van der Waals surface area (Å²) in [6, 6.07) is 0. The number of ether oxygens (including phenoxy) is 2. The Bertz CT molecular complexity index is 795. The molecule has 0 spiro atoms. The Morgan fingerprint density at radius 2 is 2.42 bits per heavy atom. The molecule has 0 radical (unpaired) electrons. The van der Waals surface area contributed by atoms with Crippen molar-refractivity contribution in [1.29, 1.82) is 0 Å². The molecule has 3 rings (SSSR count). The number of methoxy groups -OCH3 is 1. The Hall–Kier alpha value is -1.65. The molecule has 0 amide bonds. The minimum Gasteiger partial charge on any atom is -0.468 e. The second-order valence-corrected chi connectivity index (χ2v) is 6.63. The second kappa shape index (κ2) is 8.36. The van der Waals surface area contributed by atoms with Gasteiger partial charge in [0.1, 0.15) is 11.7 Å². The van der Waals surface area contributed by atoms with Gasteiger partial charge in [0.2, 0.25) is 5.28 Å². The number of hydrogen-bond donors (Lipinski definition) is 2. The van der Waals surface area contributed by atoms with E-state index in [1.54, 1.807) is 0 Å². The fourth-order valence-corrected chi connectivity index (χ4v) is 3.27. The summed E-state index contributed by atoms with van der Waals surface area (Å²) in [5.41, 5.74) is 6.39. The fourth-order valence-electron chi connectivity index (χ4n) is 2.52. The summed E-state index contributed by atoms with van der Waals surface area (Å²) in [5, 5.41) is 2.71. The number of halogens is 2. The molecule has 26 heavy (non-hydrogen) atoms. The summed E-state index contributed by atoms with van der Waals surface area (Å²) in [6.07, 6.45) is -1.09. The number of nitrogen functional groups attached to an aromatic ring is 1. The highest BCUT2D eigenvalue weighted by Crippen LogP contribution is 2.34. The number of hydrogen-bond acceptors (Lipinski definition) is 9. The number of nitrogens with one attached hydrogen (secondary N) is 1. The summed E-state index contributed by atoms with van der Waals surface area (Å²) < 4.78 is 31.5. The van der Waals surface area contributed by atoms with Gasteiger partial charge in [-0.3, -0.25) is 14.4 Å². The molecule has 2 aromatic heterocycles. The summed E-state index contributed by atoms with van der Waals surface area (Å²) >= 11 is 5.82. The van der Waals surface area contributed by atoms with E-state index in [2.05, 4.69) is 24.8 Å². The first-order chi connectivity index (χ1) is 12.5. The zero-order chi connectivity index (χ0) is 18.7. The molecule has 0 aliphatic carbocycles. The molecule has 4 atom stereocenters. The third kappa shape index (κ3) is 4.18. The molecule has 4 unspecified atom stereocenters. The minimum atomic E-state index is -1.28. The van der Waals surface area contributed by atoms with E-state index in [0.29, 0.717) is 11.2 Å². The van der Waals surface area contributed by atoms with E-state index in [-0.39, 0.29) is 39.6 Å². The number of aromatic nitrogens is 4. The Morgan fingerprint density at radius 1 is 1.62 bits per heavy atom. The average molecular weight is 407 g/mol. The van der Waals surface area contributed by atoms with Crippen LogP contribution in [0.25, 0.3) is 11.2 Å². The van der Waals surface area contributed by atoms with Gasteiger partial charge in [0, 0.05) is 6.42 Å². The summed E-state index contributed by atoms with van der Waals surface area (Å²) in [5.74, 6) is -0.279. The number of imidazole rings is 1. The van der Waals surface area contributed by atoms with Crippen LogP contribution in [-0.2, 0) is 18.8 Å². The van der Waals surface area contributed by atoms with Crippen molar-refractivity contribution in [3.05, 3.63) is 11.6 Å². The van der Waals surface area contributed by atoms with Crippen molar-refractivity contribution >= 4 is 43.5 Å². The molecule has 142 valence electrons. The van der Waals surface area contributed by atoms with Crippen LogP contribution in [0.1, 0.15) is 12.6 Å². The van der Waals surface area contributed by atoms with E-state index < -0.39 is 24.5 Å². The molecule has 0 aromatic carbocycles. The van der Waals surface area contributed by atoms with E-state index in [4.69, 9.17) is 26.6 Å². The number of anilines is 1. The number of carbonyl (C=O) groups is 1. The predicted octanol–water partition coefficient (Wildman–Crippen LogP) is 0.975. The third-order valence-electron chi connectivity index (χ3n) is 3.70. The van der Waals surface area contributed by atoms with Crippen LogP contribution in [0, 0.1) is 0 Å². The van der Waals surface area contributed by atoms with Gasteiger partial charge in [0.15, 0.2) is 17.7 Å². The van der Waals surface area contributed by atoms with Crippen molar-refractivity contribution in [2.75, 3.05) is 26.0 Å². The zero-order valence-electron chi connectivity index (χ0n) is 13.7. The first-order valence-corrected chi connectivity index (χ1v) is 8.89. The maximum absolute atomic E-state index is 14.4. The van der Waals surface area contributed by atoms with Crippen LogP contribution >= 0.6 is 20.6 Å². The summed E-state index contributed by atoms with van der Waals surface area (Å²) in [6.45, 7) is 0.214. The minimum absolute atomic E-state index is 0.0394. The number of esters is 1. The van der Waals surface area contributed by atoms with Gasteiger partial charge >= 0.3 is 5.97 Å². The maximum Gasteiger partial charge on any atom is 0.319 e. The van der Waals surface area contributed by atoms with Crippen LogP contribution in [-0.4, -0.2) is 58.0 Å². The van der Waals surface area contributed by atoms with Crippen molar-refractivity contribution in [3.8, 4) is 0 Å². The Labute approximate surface area is 154 Å². The monoisotopic (exact) mass is 406 g/mol. The number of nitrogens with zero attached hydrogens (tertiary/aromatic N) is 4. The number of carbonyl (C=O) groups excluding carboxylic acids is 1. The van der Waals surface area contributed by atoms with E-state index >= 15 is 0 Å². The van der Waals surface area contributed by atoms with Crippen molar-refractivity contribution < 1.29 is 23.2 Å². The van der Waals surface area contributed by atoms with Gasteiger partial charge in [0.25, 0.3) is 0 Å². The number of fused-ring (bicyclic) bond motifs is 1. The summed E-state index contributed by atoms with van der Waals surface area (Å²) in [7, 11) is 1.16. The average Bonchev–Trinajstić information content (AvgIpc) is 3.17. The second-order valence-electron chi connectivity index (χ2n) is 5.45. The molecule has 3 N–H and O–H groups in total. The Balaban J connectivity index is 1.58. The van der Waals surface area contributed by atoms with Gasteiger partial charge < -0.3 is 19.7 Å². The Morgan fingerprint density at radius 3 is 3.19 bits per heavy atom. The number of rotatable bonds is 7. The molecule has 1 saturated heterocycles. The van der Waals surface area contributed by atoms with Crippen LogP contribution in [0.3, 0.4) is 0 Å². The highest BCUT2D eigenvalue weighted by Gasteiger charge is 2.38. The van der Waals surface area contributed by atoms with E-state index in [1.807, 2.05) is 0 Å². The van der Waals surface area contributed by atoms with Crippen molar-refractivity contribution in [3.63, 3.8) is 0 Å². The molecule has 3 heterocycles. The molecule has 10 nitrogen and oxygen atoms in total. The fraction of sp³-hybridized carbons (Fsp3) is 0.538. The predicted molar refractivity (Wildman–Crippen MR) is 92.5 cm³/mol. The molecule has 1 aliphatic heterocycles. The standard InChI is InChI=1S/C13H17ClFN6O4P/c1-23-8(22)3-18-26-24-4-6-2-7(15)12(25-6)21-5-17-9-10(16)19-13(14)20-11(9)21/h5-7,12,18,26H,2-4H2,1H3,(H2,16,19,20). The lowest BCUT2D eigenvalue weighted by Crippen LogP contribution is -2.19. The third-order valence-corrected chi connectivity index (χ3v) is 4.50. The van der Waals surface area contributed by atoms with E-state index in [0.717, 1.165) is 0 Å². The number of alkyl halides is 1. The van der Waals surface area contributed by atoms with Gasteiger partial charge in [-0.2, -0.15) is 9.97 Å². The topological polar surface area (TPSA) is 126 Å². The summed E-state index contributed by atoms with van der Waals surface area (Å²) in [4.78, 5) is 22.9. The van der Waals surface area contributed by atoms with Crippen LogP contribution in [0.5, 0.6) is 0 Å². The number of nitrogens with two attached hydrogens (primary N) is 1. The molecular formula is C13H17ClFN6O4P. The quantitative estimate of drug-likeness (QED) is 0.299.